The smallest absolute Gasteiger partial charge is 0.164 e. The number of rotatable bonds is 5. The molecule has 2 aliphatic heterocycles. The third-order valence-corrected chi connectivity index (χ3v) is 5.76. The monoisotopic (exact) mass is 331 g/mol. The molecular formula is C19H29N3S. The molecule has 3 rings (SSSR count). The van der Waals surface area contributed by atoms with Crippen LogP contribution in [0.1, 0.15) is 38.5 Å². The van der Waals surface area contributed by atoms with Gasteiger partial charge >= 0.3 is 0 Å². The second kappa shape index (κ2) is 9.33. The number of nitrogens with zero attached hydrogens (tertiary/aromatic N) is 3. The van der Waals surface area contributed by atoms with Gasteiger partial charge in [0.2, 0.25) is 0 Å². The maximum absolute atomic E-state index is 4.92. The summed E-state index contributed by atoms with van der Waals surface area (Å²) >= 11 is 1.95. The van der Waals surface area contributed by atoms with Gasteiger partial charge in [0, 0.05) is 18.8 Å². The third-order valence-electron chi connectivity index (χ3n) is 4.66. The number of para-hydroxylation sites is 1. The Hall–Kier alpha value is -1.00. The van der Waals surface area contributed by atoms with Crippen molar-refractivity contribution in [1.29, 1.82) is 0 Å². The molecule has 2 fully saturated rings. The van der Waals surface area contributed by atoms with Gasteiger partial charge in [-0.3, -0.25) is 0 Å². The van der Waals surface area contributed by atoms with Crippen molar-refractivity contribution in [2.45, 2.75) is 38.5 Å². The lowest BCUT2D eigenvalue weighted by atomic mass is 10.1. The number of amidine groups is 1. The fraction of sp³-hybridized carbons (Fsp3) is 0.632. The molecule has 0 unspecified atom stereocenters. The number of piperidine rings is 1. The van der Waals surface area contributed by atoms with Crippen LogP contribution in [0.2, 0.25) is 0 Å². The van der Waals surface area contributed by atoms with E-state index in [-0.39, 0.29) is 0 Å². The Labute approximate surface area is 145 Å². The van der Waals surface area contributed by atoms with Gasteiger partial charge in [-0.2, -0.15) is 0 Å². The average Bonchev–Trinajstić information content (AvgIpc) is 3.14. The van der Waals surface area contributed by atoms with Crippen LogP contribution in [-0.4, -0.2) is 53.4 Å². The lowest BCUT2D eigenvalue weighted by Gasteiger charge is -2.26. The summed E-state index contributed by atoms with van der Waals surface area (Å²) < 4.78 is 0. The SMILES string of the molecule is c1ccc(N=C(SCCCN2CCCCC2)N2CCCC2)cc1. The summed E-state index contributed by atoms with van der Waals surface area (Å²) in [6, 6.07) is 10.4. The van der Waals surface area contributed by atoms with Crippen LogP contribution >= 0.6 is 11.8 Å². The molecule has 126 valence electrons. The molecule has 0 aliphatic carbocycles. The van der Waals surface area contributed by atoms with Crippen molar-refractivity contribution in [2.24, 2.45) is 4.99 Å². The van der Waals surface area contributed by atoms with Gasteiger partial charge in [-0.1, -0.05) is 36.4 Å². The van der Waals surface area contributed by atoms with Crippen LogP contribution in [0.25, 0.3) is 0 Å². The summed E-state index contributed by atoms with van der Waals surface area (Å²) in [5.74, 6) is 1.18. The third kappa shape index (κ3) is 5.54. The van der Waals surface area contributed by atoms with Crippen LogP contribution < -0.4 is 0 Å². The number of hydrogen-bond donors (Lipinski definition) is 0. The van der Waals surface area contributed by atoms with Crippen LogP contribution in [0.5, 0.6) is 0 Å². The number of likely N-dealkylation sites (tertiary alicyclic amines) is 2. The second-order valence-corrected chi connectivity index (χ2v) is 7.59. The van der Waals surface area contributed by atoms with E-state index in [9.17, 15) is 0 Å². The lowest BCUT2D eigenvalue weighted by molar-refractivity contribution is 0.230. The Bertz CT molecular complexity index is 477. The van der Waals surface area contributed by atoms with Crippen molar-refractivity contribution in [3.05, 3.63) is 30.3 Å². The molecule has 0 saturated carbocycles. The molecule has 2 saturated heterocycles. The summed E-state index contributed by atoms with van der Waals surface area (Å²) in [6.45, 7) is 6.21. The van der Waals surface area contributed by atoms with E-state index in [1.54, 1.807) is 0 Å². The van der Waals surface area contributed by atoms with Crippen molar-refractivity contribution < 1.29 is 0 Å². The zero-order chi connectivity index (χ0) is 15.7. The first kappa shape index (κ1) is 16.8. The molecule has 4 heteroatoms. The van der Waals surface area contributed by atoms with Crippen LogP contribution in [0, 0.1) is 0 Å². The van der Waals surface area contributed by atoms with E-state index in [1.165, 1.54) is 82.2 Å². The normalized spacial score (nSPS) is 20.2. The highest BCUT2D eigenvalue weighted by atomic mass is 32.2. The van der Waals surface area contributed by atoms with Crippen molar-refractivity contribution in [2.75, 3.05) is 38.5 Å². The van der Waals surface area contributed by atoms with Gasteiger partial charge < -0.3 is 9.80 Å². The molecule has 0 atom stereocenters. The van der Waals surface area contributed by atoms with E-state index in [4.69, 9.17) is 4.99 Å². The fourth-order valence-corrected chi connectivity index (χ4v) is 4.34. The van der Waals surface area contributed by atoms with E-state index in [0.717, 1.165) is 5.69 Å². The standard InChI is InChI=1S/C19H29N3S/c1-3-10-18(11-4-1)20-19(22-15-7-8-16-22)23-17-9-14-21-12-5-2-6-13-21/h1,3-4,10-11H,2,5-9,12-17H2. The van der Waals surface area contributed by atoms with Crippen molar-refractivity contribution >= 4 is 22.6 Å². The van der Waals surface area contributed by atoms with Gasteiger partial charge in [0.05, 0.1) is 5.69 Å². The Morgan fingerprint density at radius 1 is 0.913 bits per heavy atom. The molecule has 2 heterocycles. The van der Waals surface area contributed by atoms with Gasteiger partial charge in [0.15, 0.2) is 5.17 Å². The van der Waals surface area contributed by atoms with Crippen LogP contribution in [0.3, 0.4) is 0 Å². The van der Waals surface area contributed by atoms with Gasteiger partial charge in [-0.25, -0.2) is 4.99 Å². The molecule has 1 aromatic rings. The number of hydrogen-bond acceptors (Lipinski definition) is 3. The number of benzene rings is 1. The Kier molecular flexibility index (Phi) is 6.84. The highest BCUT2D eigenvalue weighted by Gasteiger charge is 2.17. The maximum Gasteiger partial charge on any atom is 0.164 e. The summed E-state index contributed by atoms with van der Waals surface area (Å²) in [6.07, 6.45) is 8.09. The predicted octanol–water partition coefficient (Wildman–Crippen LogP) is 4.38. The second-order valence-electron chi connectivity index (χ2n) is 6.53. The quantitative estimate of drug-likeness (QED) is 0.453. The van der Waals surface area contributed by atoms with Gasteiger partial charge in [0.25, 0.3) is 0 Å². The van der Waals surface area contributed by atoms with Gasteiger partial charge in [-0.15, -0.1) is 0 Å². The molecule has 2 aliphatic rings. The van der Waals surface area contributed by atoms with E-state index in [0.29, 0.717) is 0 Å². The highest BCUT2D eigenvalue weighted by molar-refractivity contribution is 8.13. The Balaban J connectivity index is 1.50. The average molecular weight is 332 g/mol. The van der Waals surface area contributed by atoms with E-state index >= 15 is 0 Å². The van der Waals surface area contributed by atoms with E-state index in [1.807, 2.05) is 11.8 Å². The highest BCUT2D eigenvalue weighted by Crippen LogP contribution is 2.21. The number of thioether (sulfide) groups is 1. The summed E-state index contributed by atoms with van der Waals surface area (Å²) in [4.78, 5) is 10.0. The summed E-state index contributed by atoms with van der Waals surface area (Å²) in [7, 11) is 0. The minimum Gasteiger partial charge on any atom is -0.351 e. The summed E-state index contributed by atoms with van der Waals surface area (Å²) in [5.41, 5.74) is 1.08. The van der Waals surface area contributed by atoms with E-state index < -0.39 is 0 Å². The topological polar surface area (TPSA) is 18.8 Å². The number of aliphatic imine (C=N–C) groups is 1. The fourth-order valence-electron chi connectivity index (χ4n) is 3.35. The molecule has 1 aromatic carbocycles. The molecule has 0 aromatic heterocycles. The zero-order valence-electron chi connectivity index (χ0n) is 14.1. The largest absolute Gasteiger partial charge is 0.351 e. The molecular weight excluding hydrogens is 302 g/mol. The molecule has 23 heavy (non-hydrogen) atoms. The Morgan fingerprint density at radius 3 is 2.35 bits per heavy atom. The predicted molar refractivity (Wildman–Crippen MR) is 102 cm³/mol. The molecule has 0 bridgehead atoms. The first-order valence-electron chi connectivity index (χ1n) is 9.16. The molecule has 0 spiro atoms. The summed E-state index contributed by atoms with van der Waals surface area (Å²) in [5, 5.41) is 1.23. The van der Waals surface area contributed by atoms with Crippen molar-refractivity contribution in [3.8, 4) is 0 Å². The van der Waals surface area contributed by atoms with Crippen LogP contribution in [-0.2, 0) is 0 Å². The minimum absolute atomic E-state index is 1.08. The van der Waals surface area contributed by atoms with Crippen molar-refractivity contribution in [3.63, 3.8) is 0 Å². The minimum atomic E-state index is 1.08. The first-order chi connectivity index (χ1) is 11.4. The van der Waals surface area contributed by atoms with Gasteiger partial charge in [-0.05, 0) is 63.9 Å². The van der Waals surface area contributed by atoms with Crippen LogP contribution in [0.4, 0.5) is 5.69 Å². The zero-order valence-corrected chi connectivity index (χ0v) is 14.9. The molecule has 0 radical (unpaired) electrons. The maximum atomic E-state index is 4.92. The molecule has 0 amide bonds. The Morgan fingerprint density at radius 2 is 1.61 bits per heavy atom. The lowest BCUT2D eigenvalue weighted by Crippen LogP contribution is -2.31. The first-order valence-corrected chi connectivity index (χ1v) is 10.1. The van der Waals surface area contributed by atoms with E-state index in [2.05, 4.69) is 40.1 Å². The van der Waals surface area contributed by atoms with Crippen LogP contribution in [0.15, 0.2) is 35.3 Å². The van der Waals surface area contributed by atoms with Crippen molar-refractivity contribution in [1.82, 2.24) is 9.80 Å². The molecule has 0 N–H and O–H groups in total. The van der Waals surface area contributed by atoms with Gasteiger partial charge in [0.1, 0.15) is 0 Å². The molecule has 3 nitrogen and oxygen atoms in total.